The number of ether oxygens (including phenoxy) is 1. The maximum absolute atomic E-state index is 12.7. The second-order valence-electron chi connectivity index (χ2n) is 9.88. The van der Waals surface area contributed by atoms with Crippen molar-refractivity contribution >= 4 is 5.91 Å². The molecule has 0 radical (unpaired) electrons. The van der Waals surface area contributed by atoms with Crippen LogP contribution in [-0.4, -0.2) is 22.2 Å². The molecule has 4 aliphatic rings. The number of aromatic nitrogens is 2. The van der Waals surface area contributed by atoms with Crippen molar-refractivity contribution in [1.82, 2.24) is 15.1 Å². The number of rotatable bonds is 6. The van der Waals surface area contributed by atoms with Crippen molar-refractivity contribution in [3.8, 4) is 5.75 Å². The number of nitrogens with zero attached hydrogens (tertiary/aromatic N) is 2. The maximum Gasteiger partial charge on any atom is 0.271 e. The van der Waals surface area contributed by atoms with E-state index in [1.54, 1.807) is 10.7 Å². The quantitative estimate of drug-likeness (QED) is 0.787. The van der Waals surface area contributed by atoms with Crippen LogP contribution in [0.4, 0.5) is 0 Å². The summed E-state index contributed by atoms with van der Waals surface area (Å²) < 4.78 is 7.57. The van der Waals surface area contributed by atoms with Crippen LogP contribution in [0.1, 0.15) is 60.1 Å². The molecule has 0 spiro atoms. The van der Waals surface area contributed by atoms with E-state index in [-0.39, 0.29) is 5.91 Å². The van der Waals surface area contributed by atoms with Crippen LogP contribution in [0.3, 0.4) is 0 Å². The Kier molecular flexibility index (Phi) is 4.64. The Morgan fingerprint density at radius 1 is 1.14 bits per heavy atom. The molecule has 1 aromatic carbocycles. The summed E-state index contributed by atoms with van der Waals surface area (Å²) in [6, 6.07) is 7.93. The summed E-state index contributed by atoms with van der Waals surface area (Å²) in [5.41, 5.74) is 3.07. The minimum absolute atomic E-state index is 0.0637. The van der Waals surface area contributed by atoms with Gasteiger partial charge >= 0.3 is 0 Å². The molecule has 4 bridgehead atoms. The van der Waals surface area contributed by atoms with Gasteiger partial charge in [0, 0.05) is 12.7 Å². The first-order valence-corrected chi connectivity index (χ1v) is 11.0. The molecule has 6 rings (SSSR count). The molecule has 4 aliphatic carbocycles. The van der Waals surface area contributed by atoms with E-state index in [2.05, 4.69) is 22.5 Å². The largest absolute Gasteiger partial charge is 0.471 e. The van der Waals surface area contributed by atoms with Crippen LogP contribution in [-0.2, 0) is 6.73 Å². The Labute approximate surface area is 172 Å². The summed E-state index contributed by atoms with van der Waals surface area (Å²) >= 11 is 0. The zero-order chi connectivity index (χ0) is 20.0. The van der Waals surface area contributed by atoms with Crippen molar-refractivity contribution in [1.29, 1.82) is 0 Å². The Morgan fingerprint density at radius 3 is 2.52 bits per heavy atom. The molecule has 29 heavy (non-hydrogen) atoms. The smallest absolute Gasteiger partial charge is 0.271 e. The maximum atomic E-state index is 12.7. The molecule has 0 unspecified atom stereocenters. The number of benzene rings is 1. The monoisotopic (exact) mass is 393 g/mol. The minimum atomic E-state index is -0.0637. The van der Waals surface area contributed by atoms with E-state index in [9.17, 15) is 4.79 Å². The molecular weight excluding hydrogens is 362 g/mol. The number of carbonyl (C=O) groups is 1. The van der Waals surface area contributed by atoms with Crippen molar-refractivity contribution in [2.24, 2.45) is 23.2 Å². The van der Waals surface area contributed by atoms with Crippen LogP contribution in [0.5, 0.6) is 5.75 Å². The fraction of sp³-hybridized carbons (Fsp3) is 0.583. The number of hydrogen-bond donors (Lipinski definition) is 1. The standard InChI is InChI=1S/C24H31N3O2/c1-16-3-4-17(2)22(7-16)29-15-27-6-5-21(26-27)23(28)25-14-24-11-18-8-19(12-24)10-20(9-18)13-24/h3-7,18-20H,8-15H2,1-2H3,(H,25,28). The molecule has 1 N–H and O–H groups in total. The summed E-state index contributed by atoms with van der Waals surface area (Å²) in [7, 11) is 0. The fourth-order valence-electron chi connectivity index (χ4n) is 6.42. The van der Waals surface area contributed by atoms with E-state index in [1.807, 2.05) is 26.1 Å². The summed E-state index contributed by atoms with van der Waals surface area (Å²) in [6.07, 6.45) is 10.0. The van der Waals surface area contributed by atoms with Gasteiger partial charge in [-0.25, -0.2) is 4.68 Å². The zero-order valence-electron chi connectivity index (χ0n) is 17.5. The second kappa shape index (κ2) is 7.19. The number of nitrogens with one attached hydrogen (secondary N) is 1. The molecule has 0 atom stereocenters. The van der Waals surface area contributed by atoms with Gasteiger partial charge in [-0.15, -0.1) is 0 Å². The fourth-order valence-corrected chi connectivity index (χ4v) is 6.42. The Hall–Kier alpha value is -2.30. The van der Waals surface area contributed by atoms with Crippen LogP contribution >= 0.6 is 0 Å². The molecule has 2 aromatic rings. The Balaban J connectivity index is 1.17. The minimum Gasteiger partial charge on any atom is -0.471 e. The molecule has 1 heterocycles. The third-order valence-electron chi connectivity index (χ3n) is 7.36. The second-order valence-corrected chi connectivity index (χ2v) is 9.88. The van der Waals surface area contributed by atoms with Gasteiger partial charge in [-0.05, 0) is 98.8 Å². The van der Waals surface area contributed by atoms with Gasteiger partial charge in [0.1, 0.15) is 11.4 Å². The SMILES string of the molecule is Cc1ccc(C)c(OCn2ccc(C(=O)NCC34CC5CC(CC(C5)C3)C4)n2)c1. The predicted molar refractivity (Wildman–Crippen MR) is 112 cm³/mol. The lowest BCUT2D eigenvalue weighted by atomic mass is 9.49. The van der Waals surface area contributed by atoms with Crippen molar-refractivity contribution in [3.05, 3.63) is 47.3 Å². The van der Waals surface area contributed by atoms with E-state index < -0.39 is 0 Å². The van der Waals surface area contributed by atoms with Crippen molar-refractivity contribution in [2.75, 3.05) is 6.54 Å². The molecule has 4 fully saturated rings. The van der Waals surface area contributed by atoms with Gasteiger partial charge in [0.2, 0.25) is 0 Å². The van der Waals surface area contributed by atoms with Crippen LogP contribution in [0, 0.1) is 37.0 Å². The summed E-state index contributed by atoms with van der Waals surface area (Å²) in [5, 5.41) is 7.63. The van der Waals surface area contributed by atoms with Crippen molar-refractivity contribution in [2.45, 2.75) is 59.1 Å². The average molecular weight is 394 g/mol. The van der Waals surface area contributed by atoms with Crippen LogP contribution < -0.4 is 10.1 Å². The molecule has 0 aliphatic heterocycles. The van der Waals surface area contributed by atoms with Crippen molar-refractivity contribution < 1.29 is 9.53 Å². The summed E-state index contributed by atoms with van der Waals surface area (Å²) in [5.74, 6) is 3.50. The highest BCUT2D eigenvalue weighted by Crippen LogP contribution is 2.59. The highest BCUT2D eigenvalue weighted by Gasteiger charge is 2.50. The lowest BCUT2D eigenvalue weighted by molar-refractivity contribution is -0.0503. The predicted octanol–water partition coefficient (Wildman–Crippen LogP) is 4.48. The number of hydrogen-bond acceptors (Lipinski definition) is 3. The van der Waals surface area contributed by atoms with Gasteiger partial charge in [-0.1, -0.05) is 12.1 Å². The van der Waals surface area contributed by atoms with Gasteiger partial charge in [-0.3, -0.25) is 4.79 Å². The lowest BCUT2D eigenvalue weighted by Gasteiger charge is -2.56. The summed E-state index contributed by atoms with van der Waals surface area (Å²) in [4.78, 5) is 12.7. The van der Waals surface area contributed by atoms with Gasteiger partial charge in [0.05, 0.1) is 0 Å². The Morgan fingerprint density at radius 2 is 1.83 bits per heavy atom. The van der Waals surface area contributed by atoms with E-state index in [0.717, 1.165) is 41.2 Å². The first-order valence-electron chi connectivity index (χ1n) is 11.0. The molecule has 4 saturated carbocycles. The van der Waals surface area contributed by atoms with Gasteiger partial charge in [0.15, 0.2) is 6.73 Å². The highest BCUT2D eigenvalue weighted by molar-refractivity contribution is 5.92. The van der Waals surface area contributed by atoms with E-state index in [4.69, 9.17) is 4.74 Å². The Bertz CT molecular complexity index is 881. The van der Waals surface area contributed by atoms with E-state index in [0.29, 0.717) is 17.8 Å². The van der Waals surface area contributed by atoms with Gasteiger partial charge < -0.3 is 10.1 Å². The molecule has 1 aromatic heterocycles. The molecule has 154 valence electrons. The van der Waals surface area contributed by atoms with Gasteiger partial charge in [-0.2, -0.15) is 5.10 Å². The van der Waals surface area contributed by atoms with Crippen LogP contribution in [0.15, 0.2) is 30.5 Å². The molecule has 0 saturated heterocycles. The number of aryl methyl sites for hydroxylation is 2. The number of amides is 1. The summed E-state index contributed by atoms with van der Waals surface area (Å²) in [6.45, 7) is 5.18. The number of carbonyl (C=O) groups excluding carboxylic acids is 1. The molecule has 5 heteroatoms. The van der Waals surface area contributed by atoms with Gasteiger partial charge in [0.25, 0.3) is 5.91 Å². The average Bonchev–Trinajstić information content (AvgIpc) is 3.15. The van der Waals surface area contributed by atoms with Crippen LogP contribution in [0.2, 0.25) is 0 Å². The van der Waals surface area contributed by atoms with E-state index >= 15 is 0 Å². The topological polar surface area (TPSA) is 56.1 Å². The van der Waals surface area contributed by atoms with Crippen LogP contribution in [0.25, 0.3) is 0 Å². The molecular formula is C24H31N3O2. The zero-order valence-corrected chi connectivity index (χ0v) is 17.5. The first-order chi connectivity index (χ1) is 14.0. The third-order valence-corrected chi connectivity index (χ3v) is 7.36. The lowest BCUT2D eigenvalue weighted by Crippen LogP contribution is -2.51. The highest BCUT2D eigenvalue weighted by atomic mass is 16.5. The van der Waals surface area contributed by atoms with Crippen molar-refractivity contribution in [3.63, 3.8) is 0 Å². The first kappa shape index (κ1) is 18.7. The van der Waals surface area contributed by atoms with E-state index in [1.165, 1.54) is 38.5 Å². The third kappa shape index (κ3) is 3.79. The molecule has 1 amide bonds. The normalized spacial score (nSPS) is 29.8. The molecule has 5 nitrogen and oxygen atoms in total.